The quantitative estimate of drug-likeness (QED) is 0.838. The van der Waals surface area contributed by atoms with E-state index in [1.165, 1.54) is 7.05 Å². The number of nitrogens with zero attached hydrogens (tertiary/aromatic N) is 2. The number of hydrogen-bond donors (Lipinski definition) is 2. The first-order valence-corrected chi connectivity index (χ1v) is 9.51. The van der Waals surface area contributed by atoms with E-state index in [2.05, 4.69) is 5.32 Å². The highest BCUT2D eigenvalue weighted by Gasteiger charge is 2.38. The number of carbonyl (C=O) groups excluding carboxylic acids is 1. The maximum absolute atomic E-state index is 12.7. The summed E-state index contributed by atoms with van der Waals surface area (Å²) in [6.45, 7) is -0.212. The van der Waals surface area contributed by atoms with Gasteiger partial charge in [-0.1, -0.05) is 48.5 Å². The lowest BCUT2D eigenvalue weighted by molar-refractivity contribution is 0.149. The summed E-state index contributed by atoms with van der Waals surface area (Å²) in [5.74, 6) is -0.779. The monoisotopic (exact) mass is 389 g/mol. The van der Waals surface area contributed by atoms with E-state index in [9.17, 15) is 18.3 Å². The molecule has 2 aromatic carbocycles. The highest BCUT2D eigenvalue weighted by Crippen LogP contribution is 2.25. The molecular weight excluding hydrogens is 370 g/mol. The molecule has 0 saturated heterocycles. The molecule has 27 heavy (non-hydrogen) atoms. The summed E-state index contributed by atoms with van der Waals surface area (Å²) in [7, 11) is -2.74. The lowest BCUT2D eigenvalue weighted by atomic mass is 10.2. The van der Waals surface area contributed by atoms with Crippen LogP contribution in [0.4, 0.5) is 10.5 Å². The van der Waals surface area contributed by atoms with Crippen molar-refractivity contribution in [3.63, 3.8) is 0 Å². The number of para-hydroxylation sites is 1. The standard InChI is InChI=1S/C18H19N3O5S/c1-20-17(26-18(23)19-15-10-6-3-7-11-15)16(22)13-21(27(20,24)25)12-14-8-4-2-5-9-14/h2-11,22H,12-13H2,1H3,(H,19,23). The molecule has 0 unspecified atom stereocenters. The van der Waals surface area contributed by atoms with E-state index in [4.69, 9.17) is 4.74 Å². The summed E-state index contributed by atoms with van der Waals surface area (Å²) in [4.78, 5) is 12.0. The minimum absolute atomic E-state index is 0.0844. The minimum Gasteiger partial charge on any atom is -0.506 e. The summed E-state index contributed by atoms with van der Waals surface area (Å²) in [6.07, 6.45) is -0.902. The Morgan fingerprint density at radius 1 is 1.11 bits per heavy atom. The average molecular weight is 389 g/mol. The summed E-state index contributed by atoms with van der Waals surface area (Å²) >= 11 is 0. The molecule has 2 aromatic rings. The second-order valence-corrected chi connectivity index (χ2v) is 7.82. The van der Waals surface area contributed by atoms with Crippen LogP contribution in [0.1, 0.15) is 5.56 Å². The van der Waals surface area contributed by atoms with Crippen molar-refractivity contribution >= 4 is 22.0 Å². The number of rotatable bonds is 4. The van der Waals surface area contributed by atoms with Crippen molar-refractivity contribution in [2.75, 3.05) is 18.9 Å². The third-order valence-corrected chi connectivity index (χ3v) is 5.71. The van der Waals surface area contributed by atoms with E-state index >= 15 is 0 Å². The second kappa shape index (κ2) is 7.68. The van der Waals surface area contributed by atoms with Gasteiger partial charge in [0.25, 0.3) is 5.88 Å². The summed E-state index contributed by atoms with van der Waals surface area (Å²) in [6, 6.07) is 17.5. The molecule has 2 N–H and O–H groups in total. The van der Waals surface area contributed by atoms with Crippen molar-refractivity contribution in [3.05, 3.63) is 77.9 Å². The maximum atomic E-state index is 12.7. The van der Waals surface area contributed by atoms with Crippen LogP contribution in [0.2, 0.25) is 0 Å². The Hall–Kier alpha value is -3.04. The average Bonchev–Trinajstić information content (AvgIpc) is 2.65. The molecule has 142 valence electrons. The number of anilines is 1. The van der Waals surface area contributed by atoms with Crippen molar-refractivity contribution in [2.45, 2.75) is 6.54 Å². The molecule has 3 rings (SSSR count). The van der Waals surface area contributed by atoms with Gasteiger partial charge in [-0.15, -0.1) is 0 Å². The van der Waals surface area contributed by atoms with Crippen LogP contribution in [0, 0.1) is 0 Å². The number of amides is 1. The van der Waals surface area contributed by atoms with Crippen LogP contribution in [0.3, 0.4) is 0 Å². The topological polar surface area (TPSA) is 99.2 Å². The van der Waals surface area contributed by atoms with Crippen molar-refractivity contribution in [1.82, 2.24) is 8.61 Å². The number of benzene rings is 2. The fraction of sp³-hybridized carbons (Fsp3) is 0.167. The molecule has 0 spiro atoms. The zero-order chi connectivity index (χ0) is 19.4. The van der Waals surface area contributed by atoms with Crippen LogP contribution in [0.25, 0.3) is 0 Å². The SMILES string of the molecule is CN1C(OC(=O)Nc2ccccc2)=C(O)CN(Cc2ccccc2)S1(=O)=O. The third kappa shape index (κ3) is 4.21. The Morgan fingerprint density at radius 2 is 1.70 bits per heavy atom. The van der Waals surface area contributed by atoms with E-state index in [1.54, 1.807) is 54.6 Å². The predicted molar refractivity (Wildman–Crippen MR) is 99.7 cm³/mol. The van der Waals surface area contributed by atoms with E-state index in [0.717, 1.165) is 14.2 Å². The number of aliphatic hydroxyl groups is 1. The van der Waals surface area contributed by atoms with Gasteiger partial charge >= 0.3 is 16.3 Å². The number of nitrogens with one attached hydrogen (secondary N) is 1. The third-order valence-electron chi connectivity index (χ3n) is 3.94. The van der Waals surface area contributed by atoms with Gasteiger partial charge in [0.1, 0.15) is 0 Å². The van der Waals surface area contributed by atoms with Gasteiger partial charge in [-0.2, -0.15) is 12.7 Å². The van der Waals surface area contributed by atoms with E-state index in [-0.39, 0.29) is 18.8 Å². The first-order chi connectivity index (χ1) is 12.9. The Kier molecular flexibility index (Phi) is 5.33. The van der Waals surface area contributed by atoms with E-state index in [1.807, 2.05) is 6.07 Å². The normalized spacial score (nSPS) is 16.9. The fourth-order valence-corrected chi connectivity index (χ4v) is 3.87. The van der Waals surface area contributed by atoms with Gasteiger partial charge in [0, 0.05) is 19.3 Å². The largest absolute Gasteiger partial charge is 0.506 e. The van der Waals surface area contributed by atoms with Crippen molar-refractivity contribution < 1.29 is 23.1 Å². The Bertz CT molecular complexity index is 945. The highest BCUT2D eigenvalue weighted by atomic mass is 32.2. The fourth-order valence-electron chi connectivity index (χ4n) is 2.58. The first kappa shape index (κ1) is 18.7. The lowest BCUT2D eigenvalue weighted by Gasteiger charge is -2.33. The highest BCUT2D eigenvalue weighted by molar-refractivity contribution is 7.86. The van der Waals surface area contributed by atoms with Gasteiger partial charge < -0.3 is 9.84 Å². The molecule has 0 radical (unpaired) electrons. The van der Waals surface area contributed by atoms with Crippen molar-refractivity contribution in [1.29, 1.82) is 0 Å². The molecule has 1 heterocycles. The van der Waals surface area contributed by atoms with Gasteiger partial charge in [-0.25, -0.2) is 9.10 Å². The predicted octanol–water partition coefficient (Wildman–Crippen LogP) is 2.65. The molecular formula is C18H19N3O5S. The van der Waals surface area contributed by atoms with Gasteiger partial charge in [-0.05, 0) is 17.7 Å². The number of hydrogen-bond acceptors (Lipinski definition) is 5. The molecule has 0 atom stereocenters. The molecule has 0 fully saturated rings. The second-order valence-electron chi connectivity index (χ2n) is 5.86. The molecule has 0 aromatic heterocycles. The van der Waals surface area contributed by atoms with E-state index in [0.29, 0.717) is 5.69 Å². The number of ether oxygens (including phenoxy) is 1. The zero-order valence-corrected chi connectivity index (χ0v) is 15.4. The van der Waals surface area contributed by atoms with Gasteiger partial charge in [-0.3, -0.25) is 5.32 Å². The van der Waals surface area contributed by atoms with Gasteiger partial charge in [0.2, 0.25) is 0 Å². The lowest BCUT2D eigenvalue weighted by Crippen LogP contribution is -2.47. The van der Waals surface area contributed by atoms with Gasteiger partial charge in [0.15, 0.2) is 5.76 Å². The van der Waals surface area contributed by atoms with Crippen LogP contribution in [-0.2, 0) is 21.5 Å². The van der Waals surface area contributed by atoms with Crippen LogP contribution in [0.15, 0.2) is 72.3 Å². The smallest absolute Gasteiger partial charge is 0.418 e. The van der Waals surface area contributed by atoms with Crippen LogP contribution < -0.4 is 5.32 Å². The molecule has 1 amide bonds. The zero-order valence-electron chi connectivity index (χ0n) is 14.6. The van der Waals surface area contributed by atoms with Crippen molar-refractivity contribution in [3.8, 4) is 0 Å². The van der Waals surface area contributed by atoms with Gasteiger partial charge in [0.05, 0.1) is 6.54 Å². The minimum atomic E-state index is -3.96. The van der Waals surface area contributed by atoms with Crippen LogP contribution in [-0.4, -0.2) is 41.8 Å². The van der Waals surface area contributed by atoms with Crippen LogP contribution in [0.5, 0.6) is 0 Å². The van der Waals surface area contributed by atoms with Crippen molar-refractivity contribution in [2.24, 2.45) is 0 Å². The summed E-state index contributed by atoms with van der Waals surface area (Å²) < 4.78 is 32.3. The van der Waals surface area contributed by atoms with Crippen LogP contribution >= 0.6 is 0 Å². The number of carbonyl (C=O) groups is 1. The Labute approximate surface area is 157 Å². The molecule has 1 aliphatic heterocycles. The first-order valence-electron chi connectivity index (χ1n) is 8.12. The summed E-state index contributed by atoms with van der Waals surface area (Å²) in [5.41, 5.74) is 1.25. The van der Waals surface area contributed by atoms with E-state index < -0.39 is 22.2 Å². The molecule has 8 nitrogen and oxygen atoms in total. The molecule has 1 aliphatic rings. The summed E-state index contributed by atoms with van der Waals surface area (Å²) in [5, 5.41) is 12.7. The molecule has 0 bridgehead atoms. The maximum Gasteiger partial charge on any atom is 0.418 e. The number of aliphatic hydroxyl groups excluding tert-OH is 1. The molecule has 9 heteroatoms. The Balaban J connectivity index is 1.76. The Morgan fingerprint density at radius 3 is 2.33 bits per heavy atom. The molecule has 0 aliphatic carbocycles. The molecule has 0 saturated carbocycles.